The molecule has 0 aromatic heterocycles. The van der Waals surface area contributed by atoms with Gasteiger partial charge in [-0.15, -0.1) is 0 Å². The first-order valence-corrected chi connectivity index (χ1v) is 5.30. The van der Waals surface area contributed by atoms with Crippen LogP contribution in [0.1, 0.15) is 10.4 Å². The lowest BCUT2D eigenvalue weighted by Gasteiger charge is -2.12. The van der Waals surface area contributed by atoms with Crippen LogP contribution in [0.3, 0.4) is 0 Å². The summed E-state index contributed by atoms with van der Waals surface area (Å²) >= 11 is 0. The molecule has 0 spiro atoms. The molecule has 0 saturated heterocycles. The van der Waals surface area contributed by atoms with Gasteiger partial charge in [-0.25, -0.2) is 4.79 Å². The Morgan fingerprint density at radius 3 is 2.71 bits per heavy atom. The number of esters is 1. The number of nitrogens with two attached hydrogens (primary N) is 1. The zero-order chi connectivity index (χ0) is 12.8. The Bertz CT molecular complexity index is 391. The molecule has 1 aromatic carbocycles. The topological polar surface area (TPSA) is 64.8 Å². The maximum atomic E-state index is 11.8. The Morgan fingerprint density at radius 2 is 2.12 bits per heavy atom. The predicted octanol–water partition coefficient (Wildman–Crippen LogP) is 0.996. The zero-order valence-corrected chi connectivity index (χ0v) is 10.4. The van der Waals surface area contributed by atoms with Crippen molar-refractivity contribution in [2.75, 3.05) is 40.1 Å². The van der Waals surface area contributed by atoms with E-state index in [-0.39, 0.29) is 0 Å². The number of likely N-dealkylation sites (N-methyl/N-ethyl adjacent to an activating group) is 1. The molecule has 0 atom stereocenters. The highest BCUT2D eigenvalue weighted by Crippen LogP contribution is 2.21. The number of rotatable bonds is 5. The average molecular weight is 238 g/mol. The summed E-state index contributed by atoms with van der Waals surface area (Å²) in [6.45, 7) is 1.01. The highest BCUT2D eigenvalue weighted by atomic mass is 16.5. The molecule has 94 valence electrons. The van der Waals surface area contributed by atoms with Gasteiger partial charge in [-0.1, -0.05) is 0 Å². The van der Waals surface area contributed by atoms with E-state index in [1.165, 1.54) is 7.11 Å². The van der Waals surface area contributed by atoms with E-state index in [0.717, 1.165) is 0 Å². The van der Waals surface area contributed by atoms with Crippen LogP contribution < -0.4 is 10.5 Å². The molecule has 2 N–H and O–H groups in total. The van der Waals surface area contributed by atoms with Crippen molar-refractivity contribution in [1.82, 2.24) is 4.90 Å². The summed E-state index contributed by atoms with van der Waals surface area (Å²) in [6, 6.07) is 4.88. The standard InChI is InChI=1S/C12H18N2O3/c1-14(2)6-7-17-12(15)10-8-9(13)4-5-11(10)16-3/h4-5,8H,6-7,13H2,1-3H3. The molecule has 0 unspecified atom stereocenters. The number of hydrogen-bond acceptors (Lipinski definition) is 5. The van der Waals surface area contributed by atoms with Gasteiger partial charge in [0.15, 0.2) is 0 Å². The van der Waals surface area contributed by atoms with E-state index >= 15 is 0 Å². The number of anilines is 1. The number of nitrogens with zero attached hydrogens (tertiary/aromatic N) is 1. The molecule has 0 fully saturated rings. The first-order chi connectivity index (χ1) is 8.04. The van der Waals surface area contributed by atoms with Crippen LogP contribution in [0, 0.1) is 0 Å². The van der Waals surface area contributed by atoms with Crippen LogP contribution in [0.15, 0.2) is 18.2 Å². The second-order valence-electron chi connectivity index (χ2n) is 3.90. The van der Waals surface area contributed by atoms with Crippen LogP contribution in [-0.2, 0) is 4.74 Å². The molecule has 0 saturated carbocycles. The van der Waals surface area contributed by atoms with Gasteiger partial charge in [0, 0.05) is 12.2 Å². The SMILES string of the molecule is COc1ccc(N)cc1C(=O)OCCN(C)C. The fraction of sp³-hybridized carbons (Fsp3) is 0.417. The number of carbonyl (C=O) groups excluding carboxylic acids is 1. The molecule has 1 rings (SSSR count). The second kappa shape index (κ2) is 6.10. The lowest BCUT2D eigenvalue weighted by atomic mass is 10.2. The maximum Gasteiger partial charge on any atom is 0.342 e. The summed E-state index contributed by atoms with van der Waals surface area (Å²) in [5.74, 6) is 0.0463. The molecule has 0 aliphatic carbocycles. The monoisotopic (exact) mass is 238 g/mol. The lowest BCUT2D eigenvalue weighted by Crippen LogP contribution is -2.20. The van der Waals surface area contributed by atoms with Gasteiger partial charge in [0.1, 0.15) is 17.9 Å². The van der Waals surface area contributed by atoms with Crippen molar-refractivity contribution in [3.8, 4) is 5.75 Å². The zero-order valence-electron chi connectivity index (χ0n) is 10.4. The molecule has 0 bridgehead atoms. The van der Waals surface area contributed by atoms with Gasteiger partial charge in [-0.05, 0) is 32.3 Å². The minimum atomic E-state index is -0.420. The highest BCUT2D eigenvalue weighted by molar-refractivity contribution is 5.93. The van der Waals surface area contributed by atoms with Gasteiger partial charge in [-0.2, -0.15) is 0 Å². The maximum absolute atomic E-state index is 11.8. The predicted molar refractivity (Wildman–Crippen MR) is 66.2 cm³/mol. The Morgan fingerprint density at radius 1 is 1.41 bits per heavy atom. The van der Waals surface area contributed by atoms with Crippen LogP contribution in [0.5, 0.6) is 5.75 Å². The summed E-state index contributed by atoms with van der Waals surface area (Å²) in [7, 11) is 5.33. The van der Waals surface area contributed by atoms with E-state index in [0.29, 0.717) is 30.2 Å². The van der Waals surface area contributed by atoms with Gasteiger partial charge >= 0.3 is 5.97 Å². The first kappa shape index (κ1) is 13.3. The van der Waals surface area contributed by atoms with Crippen molar-refractivity contribution in [1.29, 1.82) is 0 Å². The summed E-state index contributed by atoms with van der Waals surface area (Å²) < 4.78 is 10.2. The fourth-order valence-corrected chi connectivity index (χ4v) is 1.28. The number of carbonyl (C=O) groups is 1. The molecule has 0 heterocycles. The first-order valence-electron chi connectivity index (χ1n) is 5.30. The van der Waals surface area contributed by atoms with E-state index in [9.17, 15) is 4.79 Å². The van der Waals surface area contributed by atoms with E-state index in [4.69, 9.17) is 15.2 Å². The molecule has 1 aromatic rings. The second-order valence-corrected chi connectivity index (χ2v) is 3.90. The molecule has 0 aliphatic heterocycles. The number of hydrogen-bond donors (Lipinski definition) is 1. The van der Waals surface area contributed by atoms with Gasteiger partial charge in [-0.3, -0.25) is 0 Å². The summed E-state index contributed by atoms with van der Waals surface area (Å²) in [5.41, 5.74) is 6.48. The highest BCUT2D eigenvalue weighted by Gasteiger charge is 2.13. The Balaban J connectivity index is 2.70. The average Bonchev–Trinajstić information content (AvgIpc) is 2.28. The number of nitrogen functional groups attached to an aromatic ring is 1. The fourth-order valence-electron chi connectivity index (χ4n) is 1.28. The van der Waals surface area contributed by atoms with Crippen LogP contribution in [0.2, 0.25) is 0 Å². The lowest BCUT2D eigenvalue weighted by molar-refractivity contribution is 0.0478. The van der Waals surface area contributed by atoms with E-state index < -0.39 is 5.97 Å². The van der Waals surface area contributed by atoms with E-state index in [2.05, 4.69) is 0 Å². The Hall–Kier alpha value is -1.75. The smallest absolute Gasteiger partial charge is 0.342 e. The van der Waals surface area contributed by atoms with Crippen molar-refractivity contribution in [2.45, 2.75) is 0 Å². The van der Waals surface area contributed by atoms with Crippen molar-refractivity contribution in [3.63, 3.8) is 0 Å². The summed E-state index contributed by atoms with van der Waals surface area (Å²) in [4.78, 5) is 13.7. The molecule has 0 amide bonds. The minimum Gasteiger partial charge on any atom is -0.496 e. The number of benzene rings is 1. The van der Waals surface area contributed by atoms with Crippen LogP contribution >= 0.6 is 0 Å². The third kappa shape index (κ3) is 3.96. The van der Waals surface area contributed by atoms with Crippen molar-refractivity contribution < 1.29 is 14.3 Å². The van der Waals surface area contributed by atoms with Gasteiger partial charge in [0.05, 0.1) is 7.11 Å². The van der Waals surface area contributed by atoms with E-state index in [1.54, 1.807) is 18.2 Å². The number of ether oxygens (including phenoxy) is 2. The quantitative estimate of drug-likeness (QED) is 0.612. The van der Waals surface area contributed by atoms with Crippen LogP contribution in [0.4, 0.5) is 5.69 Å². The third-order valence-electron chi connectivity index (χ3n) is 2.22. The molecule has 17 heavy (non-hydrogen) atoms. The van der Waals surface area contributed by atoms with Crippen LogP contribution in [0.25, 0.3) is 0 Å². The molecule has 5 nitrogen and oxygen atoms in total. The Labute approximate surface area is 101 Å². The van der Waals surface area contributed by atoms with E-state index in [1.807, 2.05) is 19.0 Å². The largest absolute Gasteiger partial charge is 0.496 e. The normalized spacial score (nSPS) is 10.4. The molecular weight excluding hydrogens is 220 g/mol. The molecule has 0 aliphatic rings. The van der Waals surface area contributed by atoms with Gasteiger partial charge < -0.3 is 20.1 Å². The van der Waals surface area contributed by atoms with Crippen molar-refractivity contribution in [3.05, 3.63) is 23.8 Å². The Kier molecular flexibility index (Phi) is 4.78. The molecule has 0 radical (unpaired) electrons. The van der Waals surface area contributed by atoms with Crippen molar-refractivity contribution in [2.24, 2.45) is 0 Å². The van der Waals surface area contributed by atoms with Crippen LogP contribution in [-0.4, -0.2) is 45.2 Å². The third-order valence-corrected chi connectivity index (χ3v) is 2.22. The summed E-state index contributed by atoms with van der Waals surface area (Å²) in [6.07, 6.45) is 0. The summed E-state index contributed by atoms with van der Waals surface area (Å²) in [5, 5.41) is 0. The van der Waals surface area contributed by atoms with Gasteiger partial charge in [0.2, 0.25) is 0 Å². The molecular formula is C12H18N2O3. The number of methoxy groups -OCH3 is 1. The molecule has 5 heteroatoms. The van der Waals surface area contributed by atoms with Gasteiger partial charge in [0.25, 0.3) is 0 Å². The minimum absolute atomic E-state index is 0.337. The van der Waals surface area contributed by atoms with Crippen molar-refractivity contribution >= 4 is 11.7 Å².